The minimum absolute atomic E-state index is 0.0334. The van der Waals surface area contributed by atoms with Crippen molar-refractivity contribution in [3.8, 4) is 0 Å². The number of hydrogen-bond acceptors (Lipinski definition) is 2. The smallest absolute Gasteiger partial charge is 0.372 e. The fourth-order valence-electron chi connectivity index (χ4n) is 1.10. The second-order valence-corrected chi connectivity index (χ2v) is 3.27. The van der Waals surface area contributed by atoms with E-state index in [2.05, 4.69) is 0 Å². The first kappa shape index (κ1) is 11.3. The van der Waals surface area contributed by atoms with Gasteiger partial charge in [0, 0.05) is 6.61 Å². The van der Waals surface area contributed by atoms with E-state index >= 15 is 0 Å². The highest BCUT2D eigenvalue weighted by Crippen LogP contribution is 2.48. The number of amides is 1. The lowest BCUT2D eigenvalue weighted by molar-refractivity contribution is -0.171. The molecule has 1 aliphatic rings. The van der Waals surface area contributed by atoms with Crippen molar-refractivity contribution in [1.29, 1.82) is 0 Å². The van der Waals surface area contributed by atoms with Gasteiger partial charge >= 0.3 is 6.18 Å². The van der Waals surface area contributed by atoms with Gasteiger partial charge in [0.25, 0.3) is 0 Å². The Morgan fingerprint density at radius 2 is 2.07 bits per heavy atom. The molecule has 1 N–H and O–H groups in total. The Morgan fingerprint density at radius 1 is 1.50 bits per heavy atom. The maximum absolute atomic E-state index is 12.3. The van der Waals surface area contributed by atoms with E-state index < -0.39 is 17.6 Å². The highest BCUT2D eigenvalue weighted by Gasteiger charge is 2.64. The van der Waals surface area contributed by atoms with E-state index in [1.165, 1.54) is 0 Å². The summed E-state index contributed by atoms with van der Waals surface area (Å²) < 4.78 is 41.7. The lowest BCUT2D eigenvalue weighted by atomic mass is 10.2. The van der Waals surface area contributed by atoms with Crippen molar-refractivity contribution >= 4 is 5.91 Å². The summed E-state index contributed by atoms with van der Waals surface area (Å²) in [4.78, 5) is 11.0. The molecule has 0 spiro atoms. The molecule has 0 aromatic heterocycles. The standard InChI is InChI=1S/C8H12F3NO2/c1-2-14-5-6(13)12-7(3-4-7)8(9,10)11/h2-5H2,1H3,(H,12,13). The third kappa shape index (κ3) is 2.37. The largest absolute Gasteiger partial charge is 0.411 e. The van der Waals surface area contributed by atoms with Gasteiger partial charge in [-0.1, -0.05) is 0 Å². The van der Waals surface area contributed by atoms with Crippen LogP contribution < -0.4 is 5.32 Å². The highest BCUT2D eigenvalue weighted by molar-refractivity contribution is 5.78. The Bertz CT molecular complexity index is 223. The maximum atomic E-state index is 12.3. The maximum Gasteiger partial charge on any atom is 0.411 e. The number of halogens is 3. The zero-order valence-electron chi connectivity index (χ0n) is 7.78. The Hall–Kier alpha value is -0.780. The molecule has 14 heavy (non-hydrogen) atoms. The molecule has 0 saturated heterocycles. The van der Waals surface area contributed by atoms with Crippen molar-refractivity contribution in [3.63, 3.8) is 0 Å². The van der Waals surface area contributed by atoms with Crippen molar-refractivity contribution in [3.05, 3.63) is 0 Å². The molecule has 0 aromatic carbocycles. The monoisotopic (exact) mass is 211 g/mol. The predicted molar refractivity (Wildman–Crippen MR) is 42.7 cm³/mol. The van der Waals surface area contributed by atoms with Crippen LogP contribution in [0.5, 0.6) is 0 Å². The second-order valence-electron chi connectivity index (χ2n) is 3.27. The molecular formula is C8H12F3NO2. The first-order chi connectivity index (χ1) is 6.41. The van der Waals surface area contributed by atoms with E-state index in [0.29, 0.717) is 6.61 Å². The Kier molecular flexibility index (Phi) is 3.04. The van der Waals surface area contributed by atoms with Crippen molar-refractivity contribution in [2.75, 3.05) is 13.2 Å². The summed E-state index contributed by atoms with van der Waals surface area (Å²) in [5.74, 6) is -0.707. The quantitative estimate of drug-likeness (QED) is 0.759. The van der Waals surface area contributed by atoms with Gasteiger partial charge in [-0.25, -0.2) is 0 Å². The second kappa shape index (κ2) is 3.76. The topological polar surface area (TPSA) is 38.3 Å². The van der Waals surface area contributed by atoms with Gasteiger partial charge in [-0.15, -0.1) is 0 Å². The minimum Gasteiger partial charge on any atom is -0.372 e. The lowest BCUT2D eigenvalue weighted by Gasteiger charge is -2.20. The van der Waals surface area contributed by atoms with Gasteiger partial charge in [0.1, 0.15) is 12.1 Å². The Morgan fingerprint density at radius 3 is 2.43 bits per heavy atom. The minimum atomic E-state index is -4.35. The first-order valence-corrected chi connectivity index (χ1v) is 4.37. The van der Waals surface area contributed by atoms with E-state index in [-0.39, 0.29) is 19.4 Å². The molecule has 0 atom stereocenters. The van der Waals surface area contributed by atoms with Gasteiger partial charge in [-0.2, -0.15) is 13.2 Å². The Balaban J connectivity index is 2.40. The van der Waals surface area contributed by atoms with Gasteiger partial charge in [0.2, 0.25) is 5.91 Å². The van der Waals surface area contributed by atoms with Crippen LogP contribution in [0.2, 0.25) is 0 Å². The van der Waals surface area contributed by atoms with E-state index in [0.717, 1.165) is 0 Å². The highest BCUT2D eigenvalue weighted by atomic mass is 19.4. The molecule has 1 amide bonds. The Labute approximate surface area is 79.6 Å². The van der Waals surface area contributed by atoms with Crippen LogP contribution in [0, 0.1) is 0 Å². The number of alkyl halides is 3. The van der Waals surface area contributed by atoms with Crippen molar-refractivity contribution in [1.82, 2.24) is 5.32 Å². The SMILES string of the molecule is CCOCC(=O)NC1(C(F)(F)F)CC1. The predicted octanol–water partition coefficient (Wildman–Crippen LogP) is 1.23. The van der Waals surface area contributed by atoms with E-state index in [4.69, 9.17) is 4.74 Å². The molecule has 1 rings (SSSR count). The number of ether oxygens (including phenoxy) is 1. The summed E-state index contributed by atoms with van der Waals surface area (Å²) in [7, 11) is 0. The van der Waals surface area contributed by atoms with Gasteiger partial charge in [0.05, 0.1) is 0 Å². The van der Waals surface area contributed by atoms with Crippen LogP contribution in [0.1, 0.15) is 19.8 Å². The van der Waals surface area contributed by atoms with Gasteiger partial charge < -0.3 is 10.1 Å². The summed E-state index contributed by atoms with van der Waals surface area (Å²) in [5.41, 5.74) is -1.97. The molecule has 82 valence electrons. The summed E-state index contributed by atoms with van der Waals surface area (Å²) in [6.07, 6.45) is -4.42. The molecule has 6 heteroatoms. The van der Waals surface area contributed by atoms with Crippen LogP contribution in [0.15, 0.2) is 0 Å². The summed E-state index contributed by atoms with van der Waals surface area (Å²) in [6, 6.07) is 0. The van der Waals surface area contributed by atoms with E-state index in [9.17, 15) is 18.0 Å². The van der Waals surface area contributed by atoms with Gasteiger partial charge in [-0.3, -0.25) is 4.79 Å². The number of nitrogens with one attached hydrogen (secondary N) is 1. The first-order valence-electron chi connectivity index (χ1n) is 4.37. The number of carbonyl (C=O) groups excluding carboxylic acids is 1. The molecule has 3 nitrogen and oxygen atoms in total. The summed E-state index contributed by atoms with van der Waals surface area (Å²) >= 11 is 0. The van der Waals surface area contributed by atoms with E-state index in [1.807, 2.05) is 5.32 Å². The van der Waals surface area contributed by atoms with Crippen LogP contribution in [0.3, 0.4) is 0 Å². The molecular weight excluding hydrogens is 199 g/mol. The molecule has 0 aliphatic heterocycles. The molecule has 1 saturated carbocycles. The van der Waals surface area contributed by atoms with Gasteiger partial charge in [0.15, 0.2) is 0 Å². The van der Waals surface area contributed by atoms with Crippen LogP contribution in [0.25, 0.3) is 0 Å². The number of hydrogen-bond donors (Lipinski definition) is 1. The molecule has 1 aliphatic carbocycles. The van der Waals surface area contributed by atoms with Crippen LogP contribution in [-0.2, 0) is 9.53 Å². The fraction of sp³-hybridized carbons (Fsp3) is 0.875. The summed E-state index contributed by atoms with van der Waals surface area (Å²) in [5, 5.41) is 1.95. The molecule has 0 radical (unpaired) electrons. The fourth-order valence-corrected chi connectivity index (χ4v) is 1.10. The molecule has 1 fully saturated rings. The average Bonchev–Trinajstić information content (AvgIpc) is 2.80. The van der Waals surface area contributed by atoms with Crippen LogP contribution in [0.4, 0.5) is 13.2 Å². The molecule has 0 heterocycles. The normalized spacial score (nSPS) is 19.1. The number of carbonyl (C=O) groups is 1. The van der Waals surface area contributed by atoms with Crippen molar-refractivity contribution in [2.45, 2.75) is 31.5 Å². The van der Waals surface area contributed by atoms with E-state index in [1.54, 1.807) is 6.92 Å². The van der Waals surface area contributed by atoms with Crippen LogP contribution in [-0.4, -0.2) is 30.8 Å². The zero-order chi connectivity index (χ0) is 10.8. The molecule has 0 unspecified atom stereocenters. The average molecular weight is 211 g/mol. The summed E-state index contributed by atoms with van der Waals surface area (Å²) in [6.45, 7) is 1.67. The van der Waals surface area contributed by atoms with Crippen molar-refractivity contribution < 1.29 is 22.7 Å². The molecule has 0 aromatic rings. The lowest BCUT2D eigenvalue weighted by Crippen LogP contribution is -2.49. The molecule has 0 bridgehead atoms. The third-order valence-corrected chi connectivity index (χ3v) is 2.11. The zero-order valence-corrected chi connectivity index (χ0v) is 7.78. The van der Waals surface area contributed by atoms with Crippen molar-refractivity contribution in [2.24, 2.45) is 0 Å². The van der Waals surface area contributed by atoms with Crippen LogP contribution >= 0.6 is 0 Å². The third-order valence-electron chi connectivity index (χ3n) is 2.11. The van der Waals surface area contributed by atoms with Gasteiger partial charge in [-0.05, 0) is 19.8 Å². The number of rotatable bonds is 4.